The molecule has 30 heavy (non-hydrogen) atoms. The molecule has 2 aromatic heterocycles. The van der Waals surface area contributed by atoms with Gasteiger partial charge in [0.15, 0.2) is 0 Å². The number of pyridine rings is 1. The highest BCUT2D eigenvalue weighted by Gasteiger charge is 2.17. The number of benzene rings is 2. The fraction of sp³-hybridized carbons (Fsp3) is 0.0455. The number of carbonyl (C=O) groups excluding carboxylic acids is 1. The quantitative estimate of drug-likeness (QED) is 0.513. The van der Waals surface area contributed by atoms with Crippen LogP contribution in [0.4, 0.5) is 0 Å². The van der Waals surface area contributed by atoms with Crippen LogP contribution in [0.15, 0.2) is 99.5 Å². The van der Waals surface area contributed by atoms with E-state index in [1.807, 2.05) is 6.07 Å². The van der Waals surface area contributed by atoms with Crippen molar-refractivity contribution in [1.82, 2.24) is 15.5 Å². The molecule has 0 saturated carbocycles. The highest BCUT2D eigenvalue weighted by Crippen LogP contribution is 2.21. The Balaban J connectivity index is 1.41. The SMILES string of the molecule is O=C(NCc1ccc(S(=O)(=O)c2ccccc2)cc1)c1cc(-c2cccnc2)no1. The molecular formula is C22H17N3O4S. The third-order valence-electron chi connectivity index (χ3n) is 4.43. The zero-order chi connectivity index (χ0) is 21.0. The van der Waals surface area contributed by atoms with Gasteiger partial charge in [-0.3, -0.25) is 9.78 Å². The van der Waals surface area contributed by atoms with E-state index in [4.69, 9.17) is 4.52 Å². The van der Waals surface area contributed by atoms with Gasteiger partial charge < -0.3 is 9.84 Å². The minimum atomic E-state index is -3.57. The maximum absolute atomic E-state index is 12.6. The Labute approximate surface area is 173 Å². The molecule has 0 radical (unpaired) electrons. The van der Waals surface area contributed by atoms with Crippen molar-refractivity contribution in [3.05, 3.63) is 96.5 Å². The van der Waals surface area contributed by atoms with Crippen LogP contribution >= 0.6 is 0 Å². The van der Waals surface area contributed by atoms with Gasteiger partial charge in [-0.2, -0.15) is 0 Å². The first-order valence-electron chi connectivity index (χ1n) is 9.08. The van der Waals surface area contributed by atoms with E-state index in [-0.39, 0.29) is 22.1 Å². The lowest BCUT2D eigenvalue weighted by Crippen LogP contribution is -2.22. The van der Waals surface area contributed by atoms with E-state index in [0.29, 0.717) is 5.69 Å². The van der Waals surface area contributed by atoms with E-state index in [1.54, 1.807) is 67.0 Å². The van der Waals surface area contributed by atoms with Gasteiger partial charge in [-0.1, -0.05) is 35.5 Å². The summed E-state index contributed by atoms with van der Waals surface area (Å²) in [5, 5.41) is 6.62. The predicted octanol–water partition coefficient (Wildman–Crippen LogP) is 3.50. The zero-order valence-corrected chi connectivity index (χ0v) is 16.5. The second-order valence-electron chi connectivity index (χ2n) is 6.46. The molecule has 0 aliphatic heterocycles. The molecule has 8 heteroatoms. The number of nitrogens with zero attached hydrogens (tertiary/aromatic N) is 2. The van der Waals surface area contributed by atoms with Gasteiger partial charge in [-0.25, -0.2) is 8.42 Å². The summed E-state index contributed by atoms with van der Waals surface area (Å²) in [6.07, 6.45) is 3.28. The van der Waals surface area contributed by atoms with Crippen molar-refractivity contribution in [2.45, 2.75) is 16.3 Å². The summed E-state index contributed by atoms with van der Waals surface area (Å²) in [6, 6.07) is 19.7. The van der Waals surface area contributed by atoms with E-state index in [2.05, 4.69) is 15.5 Å². The topological polar surface area (TPSA) is 102 Å². The van der Waals surface area contributed by atoms with Crippen molar-refractivity contribution in [1.29, 1.82) is 0 Å². The van der Waals surface area contributed by atoms with Crippen LogP contribution in [0.1, 0.15) is 16.1 Å². The maximum Gasteiger partial charge on any atom is 0.290 e. The number of hydrogen-bond donors (Lipinski definition) is 1. The number of sulfone groups is 1. The highest BCUT2D eigenvalue weighted by molar-refractivity contribution is 7.91. The smallest absolute Gasteiger partial charge is 0.290 e. The number of nitrogens with one attached hydrogen (secondary N) is 1. The normalized spacial score (nSPS) is 11.2. The first-order valence-corrected chi connectivity index (χ1v) is 10.6. The van der Waals surface area contributed by atoms with Crippen LogP contribution in [0.2, 0.25) is 0 Å². The Hall–Kier alpha value is -3.78. The Bertz CT molecular complexity index is 1250. The van der Waals surface area contributed by atoms with Crippen LogP contribution in [0, 0.1) is 0 Å². The van der Waals surface area contributed by atoms with E-state index in [0.717, 1.165) is 11.1 Å². The van der Waals surface area contributed by atoms with E-state index >= 15 is 0 Å². The fourth-order valence-corrected chi connectivity index (χ4v) is 4.11. The molecule has 150 valence electrons. The third kappa shape index (κ3) is 4.13. The Morgan fingerprint density at radius 1 is 0.933 bits per heavy atom. The molecule has 0 atom stereocenters. The molecule has 0 fully saturated rings. The second-order valence-corrected chi connectivity index (χ2v) is 8.41. The van der Waals surface area contributed by atoms with Crippen molar-refractivity contribution < 1.29 is 17.7 Å². The van der Waals surface area contributed by atoms with Gasteiger partial charge in [0, 0.05) is 30.6 Å². The molecule has 1 N–H and O–H groups in total. The van der Waals surface area contributed by atoms with Gasteiger partial charge in [-0.05, 0) is 42.0 Å². The first-order chi connectivity index (χ1) is 14.5. The van der Waals surface area contributed by atoms with E-state index < -0.39 is 15.7 Å². The zero-order valence-electron chi connectivity index (χ0n) is 15.7. The molecule has 0 aliphatic rings. The molecule has 0 saturated heterocycles. The Kier molecular flexibility index (Phi) is 5.40. The number of carbonyl (C=O) groups is 1. The summed E-state index contributed by atoms with van der Waals surface area (Å²) in [4.78, 5) is 16.8. The number of hydrogen-bond acceptors (Lipinski definition) is 6. The molecule has 7 nitrogen and oxygen atoms in total. The standard InChI is InChI=1S/C22H17N3O4S/c26-22(21-13-20(25-29-21)17-5-4-12-23-15-17)24-14-16-8-10-19(11-9-16)30(27,28)18-6-2-1-3-7-18/h1-13,15H,14H2,(H,24,26). The second kappa shape index (κ2) is 8.30. The van der Waals surface area contributed by atoms with Crippen molar-refractivity contribution in [2.75, 3.05) is 0 Å². The summed E-state index contributed by atoms with van der Waals surface area (Å²) in [7, 11) is -3.57. The van der Waals surface area contributed by atoms with E-state index in [1.165, 1.54) is 12.1 Å². The van der Waals surface area contributed by atoms with Gasteiger partial charge in [0.1, 0.15) is 5.69 Å². The monoisotopic (exact) mass is 419 g/mol. The molecule has 4 aromatic rings. The van der Waals surface area contributed by atoms with Crippen LogP contribution in [0.5, 0.6) is 0 Å². The Morgan fingerprint density at radius 3 is 2.37 bits per heavy atom. The number of aromatic nitrogens is 2. The molecule has 1 amide bonds. The Morgan fingerprint density at radius 2 is 1.67 bits per heavy atom. The molecule has 0 unspecified atom stereocenters. The largest absolute Gasteiger partial charge is 0.350 e. The van der Waals surface area contributed by atoms with Gasteiger partial charge in [0.25, 0.3) is 5.91 Å². The number of rotatable bonds is 6. The van der Waals surface area contributed by atoms with Gasteiger partial charge in [0.05, 0.1) is 9.79 Å². The molecule has 0 spiro atoms. The van der Waals surface area contributed by atoms with Crippen molar-refractivity contribution in [2.24, 2.45) is 0 Å². The summed E-state index contributed by atoms with van der Waals surface area (Å²) in [5.74, 6) is -0.337. The third-order valence-corrected chi connectivity index (χ3v) is 6.22. The fourth-order valence-electron chi connectivity index (χ4n) is 2.82. The molecule has 0 bridgehead atoms. The molecule has 2 heterocycles. The molecule has 2 aromatic carbocycles. The molecule has 4 rings (SSSR count). The summed E-state index contributed by atoms with van der Waals surface area (Å²) >= 11 is 0. The van der Waals surface area contributed by atoms with Crippen molar-refractivity contribution in [3.8, 4) is 11.3 Å². The number of amides is 1. The van der Waals surface area contributed by atoms with Gasteiger partial charge in [-0.15, -0.1) is 0 Å². The summed E-state index contributed by atoms with van der Waals surface area (Å²) in [6.45, 7) is 0.216. The highest BCUT2D eigenvalue weighted by atomic mass is 32.2. The minimum Gasteiger partial charge on any atom is -0.350 e. The van der Waals surface area contributed by atoms with E-state index in [9.17, 15) is 13.2 Å². The van der Waals surface area contributed by atoms with Gasteiger partial charge >= 0.3 is 0 Å². The van der Waals surface area contributed by atoms with Crippen LogP contribution in [0.25, 0.3) is 11.3 Å². The lowest BCUT2D eigenvalue weighted by Gasteiger charge is -2.07. The molecular weight excluding hydrogens is 402 g/mol. The summed E-state index contributed by atoms with van der Waals surface area (Å²) < 4.78 is 30.4. The summed E-state index contributed by atoms with van der Waals surface area (Å²) in [5.41, 5.74) is 2.02. The average Bonchev–Trinajstić information content (AvgIpc) is 3.29. The van der Waals surface area contributed by atoms with Crippen molar-refractivity contribution in [3.63, 3.8) is 0 Å². The van der Waals surface area contributed by atoms with Crippen LogP contribution < -0.4 is 5.32 Å². The lowest BCUT2D eigenvalue weighted by molar-refractivity contribution is 0.0914. The van der Waals surface area contributed by atoms with Crippen LogP contribution in [-0.4, -0.2) is 24.5 Å². The predicted molar refractivity (Wildman–Crippen MR) is 109 cm³/mol. The lowest BCUT2D eigenvalue weighted by atomic mass is 10.2. The first kappa shape index (κ1) is 19.5. The molecule has 0 aliphatic carbocycles. The van der Waals surface area contributed by atoms with Crippen LogP contribution in [0.3, 0.4) is 0 Å². The average molecular weight is 419 g/mol. The van der Waals surface area contributed by atoms with Crippen molar-refractivity contribution >= 4 is 15.7 Å². The van der Waals surface area contributed by atoms with Crippen LogP contribution in [-0.2, 0) is 16.4 Å². The maximum atomic E-state index is 12.6. The van der Waals surface area contributed by atoms with Gasteiger partial charge in [0.2, 0.25) is 15.6 Å². The minimum absolute atomic E-state index is 0.0807.